The molecule has 1 amide bonds. The van der Waals surface area contributed by atoms with E-state index in [1.165, 1.54) is 6.08 Å². The number of carbonyl (C=O) groups excluding carboxylic acids is 1. The smallest absolute Gasteiger partial charge is 0.243 e. The molecule has 0 aromatic carbocycles. The van der Waals surface area contributed by atoms with Crippen molar-refractivity contribution in [1.29, 1.82) is 0 Å². The van der Waals surface area contributed by atoms with E-state index in [2.05, 4.69) is 27.4 Å². The fourth-order valence-electron chi connectivity index (χ4n) is 0.786. The van der Waals surface area contributed by atoms with Crippen molar-refractivity contribution in [2.75, 3.05) is 6.54 Å². The average molecular weight is 240 g/mol. The van der Waals surface area contributed by atoms with Gasteiger partial charge in [-0.05, 0) is 26.0 Å². The molecule has 0 unspecified atom stereocenters. The monoisotopic (exact) mass is 240 g/mol. The third kappa shape index (κ3) is 7.87. The zero-order valence-electron chi connectivity index (χ0n) is 9.38. The number of thiol groups is 1. The van der Waals surface area contributed by atoms with Gasteiger partial charge in [0.2, 0.25) is 11.8 Å². The second kappa shape index (κ2) is 10.0. The quantitative estimate of drug-likeness (QED) is 0.483. The zero-order valence-corrected chi connectivity index (χ0v) is 10.3. The van der Waals surface area contributed by atoms with Crippen LogP contribution in [-0.4, -0.2) is 17.4 Å². The molecule has 88 valence electrons. The van der Waals surface area contributed by atoms with E-state index in [0.717, 1.165) is 0 Å². The van der Waals surface area contributed by atoms with Crippen LogP contribution in [0.1, 0.15) is 13.8 Å². The molecule has 0 saturated carbocycles. The van der Waals surface area contributed by atoms with Crippen LogP contribution in [0.15, 0.2) is 36.5 Å². The van der Waals surface area contributed by atoms with Crippen LogP contribution in [0.3, 0.4) is 0 Å². The molecule has 0 radical (unpaired) electrons. The molecule has 0 aliphatic heterocycles. The first-order valence-electron chi connectivity index (χ1n) is 4.87. The molecule has 0 aliphatic carbocycles. The highest BCUT2D eigenvalue weighted by Crippen LogP contribution is 2.03. The molecule has 1 aromatic rings. The predicted molar refractivity (Wildman–Crippen MR) is 67.3 cm³/mol. The number of nitrogens with zero attached hydrogens (tertiary/aromatic N) is 1. The summed E-state index contributed by atoms with van der Waals surface area (Å²) in [6.45, 7) is 4.40. The lowest BCUT2D eigenvalue weighted by Gasteiger charge is -1.91. The van der Waals surface area contributed by atoms with Crippen molar-refractivity contribution in [2.45, 2.75) is 13.8 Å². The Labute approximate surface area is 101 Å². The SMILES string of the molecule is C/C=C\C(=O)NCC.SOc1ccccn1. The van der Waals surface area contributed by atoms with E-state index in [1.807, 2.05) is 26.0 Å². The highest BCUT2D eigenvalue weighted by atomic mass is 32.1. The summed E-state index contributed by atoms with van der Waals surface area (Å²) < 4.78 is 4.50. The van der Waals surface area contributed by atoms with Gasteiger partial charge in [0.15, 0.2) is 0 Å². The predicted octanol–water partition coefficient (Wildman–Crippen LogP) is 2.00. The summed E-state index contributed by atoms with van der Waals surface area (Å²) in [6, 6.07) is 5.38. The molecule has 0 saturated heterocycles. The van der Waals surface area contributed by atoms with Gasteiger partial charge >= 0.3 is 0 Å². The fourth-order valence-corrected chi connectivity index (χ4v) is 0.894. The maximum absolute atomic E-state index is 10.4. The normalized spacial score (nSPS) is 9.19. The van der Waals surface area contributed by atoms with E-state index in [1.54, 1.807) is 18.3 Å². The molecule has 0 atom stereocenters. The van der Waals surface area contributed by atoms with Crippen LogP contribution in [-0.2, 0) is 4.79 Å². The standard InChI is InChI=1S/C6H11NO.C5H5NOS/c1-3-5-6(8)7-4-2;8-7-5-3-1-2-4-6-5/h3,5H,4H2,1-2H3,(H,7,8);1-4,8H/b5-3-;. The molecular formula is C11H16N2O2S. The number of amides is 1. The largest absolute Gasteiger partial charge is 0.409 e. The van der Waals surface area contributed by atoms with Crippen LogP contribution in [0, 0.1) is 0 Å². The van der Waals surface area contributed by atoms with Gasteiger partial charge in [-0.25, -0.2) is 4.98 Å². The number of pyridine rings is 1. The Kier molecular flexibility index (Phi) is 9.11. The Bertz CT molecular complexity index is 315. The van der Waals surface area contributed by atoms with Gasteiger partial charge in [-0.1, -0.05) is 12.1 Å². The molecule has 0 fully saturated rings. The Morgan fingerprint density at radius 1 is 1.62 bits per heavy atom. The first-order chi connectivity index (χ1) is 7.74. The van der Waals surface area contributed by atoms with Gasteiger partial charge in [0, 0.05) is 31.7 Å². The summed E-state index contributed by atoms with van der Waals surface area (Å²) in [5.74, 6) is 0.505. The number of carbonyl (C=O) groups is 1. The fraction of sp³-hybridized carbons (Fsp3) is 0.273. The van der Waals surface area contributed by atoms with Crippen molar-refractivity contribution in [2.24, 2.45) is 0 Å². The molecule has 0 bridgehead atoms. The number of aromatic nitrogens is 1. The van der Waals surface area contributed by atoms with Gasteiger partial charge in [-0.2, -0.15) is 0 Å². The first kappa shape index (κ1) is 14.5. The van der Waals surface area contributed by atoms with E-state index in [4.69, 9.17) is 0 Å². The van der Waals surface area contributed by atoms with Crippen LogP contribution in [0.5, 0.6) is 5.88 Å². The number of nitrogens with one attached hydrogen (secondary N) is 1. The van der Waals surface area contributed by atoms with Crippen LogP contribution >= 0.6 is 12.9 Å². The highest BCUT2D eigenvalue weighted by Gasteiger charge is 1.85. The third-order valence-corrected chi connectivity index (χ3v) is 1.59. The van der Waals surface area contributed by atoms with Crippen LogP contribution < -0.4 is 9.50 Å². The minimum atomic E-state index is -0.0185. The maximum atomic E-state index is 10.4. The molecule has 1 rings (SSSR count). The van der Waals surface area contributed by atoms with Crippen LogP contribution in [0.4, 0.5) is 0 Å². The summed E-state index contributed by atoms with van der Waals surface area (Å²) in [5, 5.41) is 2.62. The lowest BCUT2D eigenvalue weighted by molar-refractivity contribution is -0.116. The van der Waals surface area contributed by atoms with Crippen molar-refractivity contribution >= 4 is 18.8 Å². The van der Waals surface area contributed by atoms with Crippen LogP contribution in [0.25, 0.3) is 0 Å². The van der Waals surface area contributed by atoms with Crippen LogP contribution in [0.2, 0.25) is 0 Å². The topological polar surface area (TPSA) is 51.2 Å². The number of rotatable bonds is 3. The molecule has 0 spiro atoms. The summed E-state index contributed by atoms with van der Waals surface area (Å²) in [4.78, 5) is 14.2. The van der Waals surface area contributed by atoms with Crippen molar-refractivity contribution in [1.82, 2.24) is 10.3 Å². The average Bonchev–Trinajstić information content (AvgIpc) is 2.32. The van der Waals surface area contributed by atoms with E-state index in [9.17, 15) is 4.79 Å². The number of hydrogen-bond donors (Lipinski definition) is 2. The lowest BCUT2D eigenvalue weighted by Crippen LogP contribution is -2.19. The Morgan fingerprint density at radius 3 is 2.75 bits per heavy atom. The van der Waals surface area contributed by atoms with E-state index in [-0.39, 0.29) is 5.91 Å². The molecular weight excluding hydrogens is 224 g/mol. The Hall–Kier alpha value is -1.49. The minimum absolute atomic E-state index is 0.0185. The van der Waals surface area contributed by atoms with E-state index in [0.29, 0.717) is 12.4 Å². The molecule has 0 aliphatic rings. The van der Waals surface area contributed by atoms with Gasteiger partial charge in [0.25, 0.3) is 0 Å². The maximum Gasteiger partial charge on any atom is 0.243 e. The van der Waals surface area contributed by atoms with E-state index >= 15 is 0 Å². The lowest BCUT2D eigenvalue weighted by atomic mass is 10.5. The van der Waals surface area contributed by atoms with Gasteiger partial charge in [0.05, 0.1) is 0 Å². The summed E-state index contributed by atoms with van der Waals surface area (Å²) in [7, 11) is 0. The molecule has 16 heavy (non-hydrogen) atoms. The second-order valence-electron chi connectivity index (χ2n) is 2.65. The van der Waals surface area contributed by atoms with Gasteiger partial charge in [-0.3, -0.25) is 4.79 Å². The van der Waals surface area contributed by atoms with Crippen molar-refractivity contribution in [3.8, 4) is 5.88 Å². The molecule has 4 nitrogen and oxygen atoms in total. The van der Waals surface area contributed by atoms with Gasteiger partial charge in [0.1, 0.15) is 0 Å². The molecule has 5 heteroatoms. The second-order valence-corrected chi connectivity index (χ2v) is 2.84. The number of hydrogen-bond acceptors (Lipinski definition) is 4. The third-order valence-electron chi connectivity index (χ3n) is 1.40. The Balaban J connectivity index is 0.000000281. The minimum Gasteiger partial charge on any atom is -0.409 e. The molecule has 1 aromatic heterocycles. The van der Waals surface area contributed by atoms with E-state index < -0.39 is 0 Å². The van der Waals surface area contributed by atoms with Crippen molar-refractivity contribution in [3.63, 3.8) is 0 Å². The summed E-state index contributed by atoms with van der Waals surface area (Å²) in [5.41, 5.74) is 0. The number of likely N-dealkylation sites (N-methyl/N-ethyl adjacent to an activating group) is 1. The Morgan fingerprint density at radius 2 is 2.38 bits per heavy atom. The first-order valence-corrected chi connectivity index (χ1v) is 5.24. The zero-order chi connectivity index (χ0) is 12.2. The van der Waals surface area contributed by atoms with Crippen molar-refractivity contribution in [3.05, 3.63) is 36.5 Å². The van der Waals surface area contributed by atoms with Gasteiger partial charge in [-0.15, -0.1) is 0 Å². The summed E-state index contributed by atoms with van der Waals surface area (Å²) in [6.07, 6.45) is 4.86. The highest BCUT2D eigenvalue weighted by molar-refractivity contribution is 7.75. The number of allylic oxidation sites excluding steroid dienone is 1. The van der Waals surface area contributed by atoms with Gasteiger partial charge < -0.3 is 9.50 Å². The molecule has 1 N–H and O–H groups in total. The summed E-state index contributed by atoms with van der Waals surface area (Å²) >= 11 is 3.55. The van der Waals surface area contributed by atoms with Crippen molar-refractivity contribution < 1.29 is 8.98 Å². The molecule has 1 heterocycles.